The number of ether oxygens (including phenoxy) is 1. The van der Waals surface area contributed by atoms with Crippen LogP contribution in [0.15, 0.2) is 48.8 Å². The molecule has 0 saturated carbocycles. The Bertz CT molecular complexity index is 1460. The first-order chi connectivity index (χ1) is 18.0. The molecule has 0 fully saturated rings. The van der Waals surface area contributed by atoms with Gasteiger partial charge in [0.2, 0.25) is 5.95 Å². The number of aromatic nitrogens is 3. The molecule has 3 N–H and O–H groups in total. The molecule has 2 aromatic heterocycles. The molecule has 0 aliphatic heterocycles. The van der Waals surface area contributed by atoms with Gasteiger partial charge in [-0.15, -0.1) is 0 Å². The van der Waals surface area contributed by atoms with Crippen molar-refractivity contribution in [2.24, 2.45) is 7.05 Å². The fourth-order valence-corrected chi connectivity index (χ4v) is 4.37. The fourth-order valence-electron chi connectivity index (χ4n) is 4.37. The molecule has 0 atom stereocenters. The number of likely N-dealkylation sites (N-methyl/N-ethyl adjacent to an activating group) is 2. The van der Waals surface area contributed by atoms with Crippen LogP contribution in [0, 0.1) is 6.92 Å². The van der Waals surface area contributed by atoms with Crippen molar-refractivity contribution in [1.82, 2.24) is 19.4 Å². The molecule has 2 heterocycles. The highest BCUT2D eigenvalue weighted by atomic mass is 16.5. The first-order valence-corrected chi connectivity index (χ1v) is 12.7. The highest BCUT2D eigenvalue weighted by Gasteiger charge is 2.22. The zero-order valence-corrected chi connectivity index (χ0v) is 23.2. The Balaban J connectivity index is 1.73. The second kappa shape index (κ2) is 11.1. The Kier molecular flexibility index (Phi) is 7.87. The lowest BCUT2D eigenvalue weighted by Gasteiger charge is -2.24. The number of esters is 1. The highest BCUT2D eigenvalue weighted by Crippen LogP contribution is 2.34. The minimum Gasteiger partial charge on any atom is -0.459 e. The molecule has 0 amide bonds. The number of carbonyl (C=O) groups excluding carboxylic acids is 1. The zero-order valence-electron chi connectivity index (χ0n) is 23.2. The average molecular weight is 516 g/mol. The Morgan fingerprint density at radius 1 is 1.16 bits per heavy atom. The van der Waals surface area contributed by atoms with E-state index >= 15 is 0 Å². The van der Waals surface area contributed by atoms with Gasteiger partial charge < -0.3 is 30.2 Å². The third-order valence-corrected chi connectivity index (χ3v) is 6.42. The molecule has 200 valence electrons. The molecule has 0 radical (unpaired) electrons. The normalized spacial score (nSPS) is 11.4. The standard InChI is InChI=1S/C29H37N7O2/c1-18(2)38-28(37)21-16-31-29(33-27(21)22-17-36(7)25-11-9-8-10-20(22)25)32-24-15-23(30)26(14-19(24)3)35(6)13-12-34(4)5/h8-11,14-18H,12-13,30H2,1-7H3,(H,31,32,33). The van der Waals surface area contributed by atoms with Gasteiger partial charge in [0.15, 0.2) is 0 Å². The number of nitrogens with zero attached hydrogens (tertiary/aromatic N) is 5. The minimum atomic E-state index is -0.458. The maximum Gasteiger partial charge on any atom is 0.342 e. The molecule has 0 bridgehead atoms. The number of hydrogen-bond acceptors (Lipinski definition) is 8. The van der Waals surface area contributed by atoms with E-state index in [0.717, 1.165) is 46.5 Å². The summed E-state index contributed by atoms with van der Waals surface area (Å²) in [6.07, 6.45) is 3.24. The Morgan fingerprint density at radius 3 is 2.61 bits per heavy atom. The van der Waals surface area contributed by atoms with E-state index in [1.54, 1.807) is 0 Å². The molecule has 0 aliphatic carbocycles. The number of nitrogens with two attached hydrogens (primary N) is 1. The Morgan fingerprint density at radius 2 is 1.89 bits per heavy atom. The SMILES string of the molecule is Cc1cc(N(C)CCN(C)C)c(N)cc1Nc1ncc(C(=O)OC(C)C)c(-c2cn(C)c3ccccc23)n1. The van der Waals surface area contributed by atoms with Gasteiger partial charge in [0.05, 0.1) is 23.2 Å². The number of benzene rings is 2. The number of fused-ring (bicyclic) bond motifs is 1. The molecule has 0 saturated heterocycles. The molecule has 9 heteroatoms. The van der Waals surface area contributed by atoms with Crippen molar-refractivity contribution in [3.8, 4) is 11.3 Å². The van der Waals surface area contributed by atoms with Crippen molar-refractivity contribution in [3.05, 3.63) is 59.9 Å². The number of aryl methyl sites for hydroxylation is 2. The predicted octanol–water partition coefficient (Wildman–Crippen LogP) is 4.83. The van der Waals surface area contributed by atoms with Crippen LogP contribution in [0.3, 0.4) is 0 Å². The van der Waals surface area contributed by atoms with E-state index in [0.29, 0.717) is 22.9 Å². The molecule has 0 spiro atoms. The lowest BCUT2D eigenvalue weighted by Crippen LogP contribution is -2.29. The van der Waals surface area contributed by atoms with E-state index in [9.17, 15) is 4.79 Å². The largest absolute Gasteiger partial charge is 0.459 e. The molecular weight excluding hydrogens is 478 g/mol. The first-order valence-electron chi connectivity index (χ1n) is 12.7. The smallest absolute Gasteiger partial charge is 0.342 e. The lowest BCUT2D eigenvalue weighted by atomic mass is 10.1. The van der Waals surface area contributed by atoms with Crippen LogP contribution in [0.25, 0.3) is 22.2 Å². The number of carbonyl (C=O) groups is 1. The maximum atomic E-state index is 13.0. The van der Waals surface area contributed by atoms with Gasteiger partial charge in [-0.25, -0.2) is 14.8 Å². The quantitative estimate of drug-likeness (QED) is 0.241. The van der Waals surface area contributed by atoms with Crippen LogP contribution in [-0.2, 0) is 11.8 Å². The summed E-state index contributed by atoms with van der Waals surface area (Å²) < 4.78 is 7.53. The number of para-hydroxylation sites is 1. The minimum absolute atomic E-state index is 0.263. The fraction of sp³-hybridized carbons (Fsp3) is 0.345. The van der Waals surface area contributed by atoms with Crippen LogP contribution >= 0.6 is 0 Å². The predicted molar refractivity (Wildman–Crippen MR) is 155 cm³/mol. The summed E-state index contributed by atoms with van der Waals surface area (Å²) in [5.74, 6) is -0.0923. The summed E-state index contributed by atoms with van der Waals surface area (Å²) >= 11 is 0. The monoisotopic (exact) mass is 515 g/mol. The van der Waals surface area contributed by atoms with Gasteiger partial charge in [-0.05, 0) is 58.6 Å². The number of nitrogen functional groups attached to an aromatic ring is 1. The molecular formula is C29H37N7O2. The van der Waals surface area contributed by atoms with Gasteiger partial charge >= 0.3 is 5.97 Å². The molecule has 4 rings (SSSR count). The van der Waals surface area contributed by atoms with E-state index in [1.807, 2.05) is 76.0 Å². The highest BCUT2D eigenvalue weighted by molar-refractivity contribution is 6.03. The van der Waals surface area contributed by atoms with Gasteiger partial charge in [0, 0.05) is 61.7 Å². The maximum absolute atomic E-state index is 13.0. The third-order valence-electron chi connectivity index (χ3n) is 6.42. The number of anilines is 4. The molecule has 9 nitrogen and oxygen atoms in total. The van der Waals surface area contributed by atoms with Crippen LogP contribution in [0.2, 0.25) is 0 Å². The van der Waals surface area contributed by atoms with Gasteiger partial charge in [-0.3, -0.25) is 0 Å². The van der Waals surface area contributed by atoms with Crippen LogP contribution < -0.4 is 16.0 Å². The van der Waals surface area contributed by atoms with E-state index < -0.39 is 5.97 Å². The molecule has 4 aromatic rings. The lowest BCUT2D eigenvalue weighted by molar-refractivity contribution is 0.0378. The van der Waals surface area contributed by atoms with Gasteiger partial charge in [-0.2, -0.15) is 0 Å². The van der Waals surface area contributed by atoms with Crippen LogP contribution in [0.4, 0.5) is 23.0 Å². The zero-order chi connectivity index (χ0) is 27.6. The molecule has 38 heavy (non-hydrogen) atoms. The molecule has 0 unspecified atom stereocenters. The van der Waals surface area contributed by atoms with Crippen molar-refractivity contribution in [2.75, 3.05) is 50.2 Å². The summed E-state index contributed by atoms with van der Waals surface area (Å²) in [7, 11) is 8.11. The Labute approximate surface area is 224 Å². The second-order valence-corrected chi connectivity index (χ2v) is 10.2. The second-order valence-electron chi connectivity index (χ2n) is 10.2. The van der Waals surface area contributed by atoms with Crippen LogP contribution in [0.5, 0.6) is 0 Å². The molecule has 0 aliphatic rings. The van der Waals surface area contributed by atoms with Crippen molar-refractivity contribution >= 4 is 39.9 Å². The number of hydrogen-bond donors (Lipinski definition) is 2. The average Bonchev–Trinajstić information content (AvgIpc) is 3.20. The van der Waals surface area contributed by atoms with E-state index in [1.165, 1.54) is 6.20 Å². The summed E-state index contributed by atoms with van der Waals surface area (Å²) in [4.78, 5) is 26.6. The van der Waals surface area contributed by atoms with Gasteiger partial charge in [-0.1, -0.05) is 18.2 Å². The van der Waals surface area contributed by atoms with E-state index in [2.05, 4.69) is 40.3 Å². The third kappa shape index (κ3) is 5.73. The van der Waals surface area contributed by atoms with Crippen LogP contribution in [-0.4, -0.2) is 65.7 Å². The van der Waals surface area contributed by atoms with Crippen molar-refractivity contribution < 1.29 is 9.53 Å². The summed E-state index contributed by atoms with van der Waals surface area (Å²) in [6, 6.07) is 12.0. The number of rotatable bonds is 9. The molecule has 2 aromatic carbocycles. The Hall–Kier alpha value is -4.11. The number of nitrogens with one attached hydrogen (secondary N) is 1. The summed E-state index contributed by atoms with van der Waals surface area (Å²) in [5.41, 5.74) is 12.6. The van der Waals surface area contributed by atoms with E-state index in [-0.39, 0.29) is 6.10 Å². The first kappa shape index (κ1) is 26.9. The van der Waals surface area contributed by atoms with Gasteiger partial charge in [0.25, 0.3) is 0 Å². The van der Waals surface area contributed by atoms with Crippen molar-refractivity contribution in [1.29, 1.82) is 0 Å². The summed E-state index contributed by atoms with van der Waals surface area (Å²) in [5, 5.41) is 4.30. The van der Waals surface area contributed by atoms with Crippen LogP contribution in [0.1, 0.15) is 29.8 Å². The van der Waals surface area contributed by atoms with Crippen molar-refractivity contribution in [2.45, 2.75) is 26.9 Å². The van der Waals surface area contributed by atoms with Gasteiger partial charge in [0.1, 0.15) is 5.56 Å². The van der Waals surface area contributed by atoms with E-state index in [4.69, 9.17) is 15.5 Å². The van der Waals surface area contributed by atoms with Crippen molar-refractivity contribution in [3.63, 3.8) is 0 Å². The topological polar surface area (TPSA) is 102 Å². The summed E-state index contributed by atoms with van der Waals surface area (Å²) in [6.45, 7) is 7.44.